The second-order valence-electron chi connectivity index (χ2n) is 3.32. The van der Waals surface area contributed by atoms with Crippen molar-refractivity contribution in [1.29, 1.82) is 0 Å². The molecule has 76 valence electrons. The maximum atomic E-state index is 9.21. The average Bonchev–Trinajstić information content (AvgIpc) is 2.30. The molecule has 2 rings (SSSR count). The summed E-state index contributed by atoms with van der Waals surface area (Å²) in [6.45, 7) is 0. The SMILES string of the molecule is C[S+](c1ccccc1)c1ccc(O)cc1. The van der Waals surface area contributed by atoms with Gasteiger partial charge < -0.3 is 5.11 Å². The standard InChI is InChI=1S/C13H12OS/c1-15(12-5-3-2-4-6-12)13-9-7-11(14)8-10-13/h2-10H,1H3/p+1. The van der Waals surface area contributed by atoms with Crippen LogP contribution >= 0.6 is 0 Å². The molecule has 0 heterocycles. The first-order valence-electron chi connectivity index (χ1n) is 4.77. The summed E-state index contributed by atoms with van der Waals surface area (Å²) in [5, 5.41) is 9.21. The fourth-order valence-corrected chi connectivity index (χ4v) is 2.79. The molecule has 1 N–H and O–H groups in total. The first-order valence-corrected chi connectivity index (χ1v) is 6.41. The van der Waals surface area contributed by atoms with E-state index in [1.165, 1.54) is 9.79 Å². The maximum Gasteiger partial charge on any atom is 0.160 e. The predicted molar refractivity (Wildman–Crippen MR) is 64.4 cm³/mol. The van der Waals surface area contributed by atoms with Gasteiger partial charge in [0.25, 0.3) is 0 Å². The number of hydrogen-bond donors (Lipinski definition) is 1. The monoisotopic (exact) mass is 217 g/mol. The second-order valence-corrected chi connectivity index (χ2v) is 5.28. The van der Waals surface area contributed by atoms with Crippen molar-refractivity contribution < 1.29 is 5.11 Å². The Labute approximate surface area is 92.7 Å². The van der Waals surface area contributed by atoms with Gasteiger partial charge in [0.15, 0.2) is 9.79 Å². The van der Waals surface area contributed by atoms with Crippen LogP contribution in [0, 0.1) is 0 Å². The van der Waals surface area contributed by atoms with Crippen LogP contribution in [-0.4, -0.2) is 11.4 Å². The molecule has 0 saturated heterocycles. The number of phenolic OH excluding ortho intramolecular Hbond substituents is 1. The molecular weight excluding hydrogens is 204 g/mol. The molecule has 0 bridgehead atoms. The number of rotatable bonds is 2. The summed E-state index contributed by atoms with van der Waals surface area (Å²) >= 11 is 0. The summed E-state index contributed by atoms with van der Waals surface area (Å²) in [6.07, 6.45) is 2.20. The van der Waals surface area contributed by atoms with Crippen molar-refractivity contribution in [3.05, 3.63) is 54.6 Å². The van der Waals surface area contributed by atoms with Crippen LogP contribution in [0.2, 0.25) is 0 Å². The molecule has 0 aliphatic heterocycles. The molecule has 0 aliphatic carbocycles. The zero-order chi connectivity index (χ0) is 10.7. The quantitative estimate of drug-likeness (QED) is 0.766. The fraction of sp³-hybridized carbons (Fsp3) is 0.0769. The molecule has 0 fully saturated rings. The van der Waals surface area contributed by atoms with Crippen LogP contribution in [0.5, 0.6) is 5.75 Å². The molecule has 2 aromatic rings. The molecule has 1 nitrogen and oxygen atoms in total. The summed E-state index contributed by atoms with van der Waals surface area (Å²) in [5.74, 6) is 0.323. The van der Waals surface area contributed by atoms with Crippen molar-refractivity contribution in [3.63, 3.8) is 0 Å². The molecule has 15 heavy (non-hydrogen) atoms. The van der Waals surface area contributed by atoms with Gasteiger partial charge >= 0.3 is 0 Å². The van der Waals surface area contributed by atoms with Gasteiger partial charge in [-0.25, -0.2) is 0 Å². The summed E-state index contributed by atoms with van der Waals surface area (Å²) in [6, 6.07) is 17.8. The largest absolute Gasteiger partial charge is 0.508 e. The molecule has 0 amide bonds. The van der Waals surface area contributed by atoms with Crippen LogP contribution in [0.15, 0.2) is 64.4 Å². The van der Waals surface area contributed by atoms with Gasteiger partial charge in [0.2, 0.25) is 0 Å². The first kappa shape index (κ1) is 10.1. The van der Waals surface area contributed by atoms with E-state index < -0.39 is 0 Å². The average molecular weight is 217 g/mol. The van der Waals surface area contributed by atoms with E-state index in [0.29, 0.717) is 5.75 Å². The normalized spacial score (nSPS) is 12.3. The third kappa shape index (κ3) is 2.34. The van der Waals surface area contributed by atoms with Gasteiger partial charge in [0.05, 0.1) is 10.9 Å². The van der Waals surface area contributed by atoms with E-state index in [1.54, 1.807) is 12.1 Å². The molecule has 0 spiro atoms. The third-order valence-corrected chi connectivity index (χ3v) is 4.25. The molecule has 1 atom stereocenters. The highest BCUT2D eigenvalue weighted by Gasteiger charge is 2.17. The zero-order valence-corrected chi connectivity index (χ0v) is 9.37. The van der Waals surface area contributed by atoms with Crippen molar-refractivity contribution in [2.45, 2.75) is 9.79 Å². The van der Waals surface area contributed by atoms with Crippen LogP contribution in [0.1, 0.15) is 0 Å². The number of benzene rings is 2. The van der Waals surface area contributed by atoms with Crippen LogP contribution in [-0.2, 0) is 10.9 Å². The van der Waals surface area contributed by atoms with Gasteiger partial charge in [0, 0.05) is 0 Å². The van der Waals surface area contributed by atoms with Gasteiger partial charge in [-0.15, -0.1) is 0 Å². The number of aromatic hydroxyl groups is 1. The van der Waals surface area contributed by atoms with E-state index in [0.717, 1.165) is 0 Å². The van der Waals surface area contributed by atoms with Crippen molar-refractivity contribution in [1.82, 2.24) is 0 Å². The topological polar surface area (TPSA) is 20.2 Å². The Morgan fingerprint density at radius 1 is 0.800 bits per heavy atom. The molecule has 0 radical (unpaired) electrons. The van der Waals surface area contributed by atoms with Gasteiger partial charge in [-0.05, 0) is 36.4 Å². The minimum Gasteiger partial charge on any atom is -0.508 e. The van der Waals surface area contributed by atoms with Crippen molar-refractivity contribution in [3.8, 4) is 5.75 Å². The lowest BCUT2D eigenvalue weighted by molar-refractivity contribution is 0.475. The molecule has 2 heteroatoms. The van der Waals surface area contributed by atoms with Crippen molar-refractivity contribution in [2.75, 3.05) is 6.26 Å². The Hall–Kier alpha value is -1.41. The van der Waals surface area contributed by atoms with E-state index in [9.17, 15) is 5.11 Å². The van der Waals surface area contributed by atoms with E-state index in [2.05, 4.69) is 30.5 Å². The smallest absolute Gasteiger partial charge is 0.160 e. The second kappa shape index (κ2) is 4.41. The van der Waals surface area contributed by atoms with Gasteiger partial charge in [-0.1, -0.05) is 18.2 Å². The van der Waals surface area contributed by atoms with Crippen LogP contribution in [0.25, 0.3) is 0 Å². The lowest BCUT2D eigenvalue weighted by Gasteiger charge is -2.01. The summed E-state index contributed by atoms with van der Waals surface area (Å²) in [4.78, 5) is 2.57. The van der Waals surface area contributed by atoms with Crippen molar-refractivity contribution >= 4 is 10.9 Å². The predicted octanol–water partition coefficient (Wildman–Crippen LogP) is 3.06. The Balaban J connectivity index is 2.29. The summed E-state index contributed by atoms with van der Waals surface area (Å²) in [5.41, 5.74) is 0. The van der Waals surface area contributed by atoms with Crippen LogP contribution in [0.4, 0.5) is 0 Å². The molecule has 0 aliphatic rings. The maximum absolute atomic E-state index is 9.21. The Kier molecular flexibility index (Phi) is 2.97. The Morgan fingerprint density at radius 2 is 1.33 bits per heavy atom. The number of hydrogen-bond acceptors (Lipinski definition) is 1. The van der Waals surface area contributed by atoms with E-state index in [4.69, 9.17) is 0 Å². The lowest BCUT2D eigenvalue weighted by Crippen LogP contribution is -1.99. The Bertz CT molecular complexity index is 422. The fourth-order valence-electron chi connectivity index (χ4n) is 1.41. The molecule has 1 unspecified atom stereocenters. The van der Waals surface area contributed by atoms with Gasteiger partial charge in [-0.2, -0.15) is 0 Å². The molecule has 0 aromatic heterocycles. The van der Waals surface area contributed by atoms with Gasteiger partial charge in [-0.3, -0.25) is 0 Å². The molecule has 2 aromatic carbocycles. The molecular formula is C13H13OS+. The van der Waals surface area contributed by atoms with Gasteiger partial charge in [0.1, 0.15) is 12.0 Å². The minimum absolute atomic E-state index is 0.0838. The number of phenols is 1. The third-order valence-electron chi connectivity index (χ3n) is 2.29. The van der Waals surface area contributed by atoms with Crippen LogP contribution in [0.3, 0.4) is 0 Å². The first-order chi connectivity index (χ1) is 7.27. The minimum atomic E-state index is 0.0838. The van der Waals surface area contributed by atoms with Crippen LogP contribution < -0.4 is 0 Å². The van der Waals surface area contributed by atoms with E-state index >= 15 is 0 Å². The van der Waals surface area contributed by atoms with E-state index in [-0.39, 0.29) is 10.9 Å². The van der Waals surface area contributed by atoms with E-state index in [1.807, 2.05) is 18.2 Å². The highest BCUT2D eigenvalue weighted by atomic mass is 32.2. The van der Waals surface area contributed by atoms with Crippen molar-refractivity contribution in [2.24, 2.45) is 0 Å². The summed E-state index contributed by atoms with van der Waals surface area (Å²) in [7, 11) is 0.0838. The lowest BCUT2D eigenvalue weighted by atomic mass is 10.3. The molecule has 0 saturated carbocycles. The summed E-state index contributed by atoms with van der Waals surface area (Å²) < 4.78 is 0. The Morgan fingerprint density at radius 3 is 1.93 bits per heavy atom. The highest BCUT2D eigenvalue weighted by Crippen LogP contribution is 2.22. The highest BCUT2D eigenvalue weighted by molar-refractivity contribution is 7.96. The zero-order valence-electron chi connectivity index (χ0n) is 8.55.